The van der Waals surface area contributed by atoms with Crippen LogP contribution in [-0.2, 0) is 6.54 Å². The molecule has 0 aliphatic rings. The molecule has 0 spiro atoms. The first-order valence-electron chi connectivity index (χ1n) is 5.51. The maximum atomic E-state index is 8.56. The quantitative estimate of drug-likeness (QED) is 0.327. The molecule has 0 unspecified atom stereocenters. The second kappa shape index (κ2) is 6.47. The Hall–Kier alpha value is -1.26. The van der Waals surface area contributed by atoms with Gasteiger partial charge in [0.15, 0.2) is 5.84 Å². The molecule has 0 aliphatic carbocycles. The third kappa shape index (κ3) is 4.24. The van der Waals surface area contributed by atoms with Gasteiger partial charge >= 0.3 is 0 Å². The predicted octanol–water partition coefficient (Wildman–Crippen LogP) is 2.18. The average molecular weight is 256 g/mol. The number of nitrogens with zero attached hydrogens (tertiary/aromatic N) is 1. The van der Waals surface area contributed by atoms with Gasteiger partial charge in [-0.05, 0) is 24.1 Å². The van der Waals surface area contributed by atoms with Crippen LogP contribution in [0.25, 0.3) is 0 Å². The Morgan fingerprint density at radius 3 is 2.76 bits per heavy atom. The number of hydrogen-bond acceptors (Lipinski definition) is 3. The molecule has 1 rings (SSSR count). The first-order valence-corrected chi connectivity index (χ1v) is 5.89. The molecule has 1 aromatic rings. The minimum atomic E-state index is 0.0635. The molecule has 4 N–H and O–H groups in total. The van der Waals surface area contributed by atoms with E-state index in [1.807, 2.05) is 6.07 Å². The van der Waals surface area contributed by atoms with Crippen LogP contribution in [-0.4, -0.2) is 17.6 Å². The lowest BCUT2D eigenvalue weighted by Gasteiger charge is -2.09. The zero-order valence-electron chi connectivity index (χ0n) is 10.1. The normalized spacial score (nSPS) is 12.1. The van der Waals surface area contributed by atoms with Crippen LogP contribution in [0.15, 0.2) is 23.4 Å². The molecule has 0 bridgehead atoms. The Kier molecular flexibility index (Phi) is 5.25. The van der Waals surface area contributed by atoms with Crippen molar-refractivity contribution >= 4 is 17.4 Å². The van der Waals surface area contributed by atoms with Crippen molar-refractivity contribution in [3.05, 3.63) is 34.3 Å². The van der Waals surface area contributed by atoms with Gasteiger partial charge in [-0.2, -0.15) is 0 Å². The smallest absolute Gasteiger partial charge is 0.170 e. The molecule has 94 valence electrons. The second-order valence-electron chi connectivity index (χ2n) is 4.32. The fourth-order valence-electron chi connectivity index (χ4n) is 1.40. The van der Waals surface area contributed by atoms with Crippen LogP contribution in [0.5, 0.6) is 0 Å². The third-order valence-electron chi connectivity index (χ3n) is 2.32. The SMILES string of the molecule is CC(C)CNCc1ccc(/C(N)=N/O)cc1Cl. The summed E-state index contributed by atoms with van der Waals surface area (Å²) in [4.78, 5) is 0. The summed E-state index contributed by atoms with van der Waals surface area (Å²) < 4.78 is 0. The Morgan fingerprint density at radius 2 is 2.24 bits per heavy atom. The van der Waals surface area contributed by atoms with Crippen molar-refractivity contribution in [2.45, 2.75) is 20.4 Å². The van der Waals surface area contributed by atoms with Gasteiger partial charge in [0.05, 0.1) is 0 Å². The molecule has 0 heterocycles. The Labute approximate surface area is 106 Å². The molecule has 5 heteroatoms. The van der Waals surface area contributed by atoms with Crippen molar-refractivity contribution in [2.24, 2.45) is 16.8 Å². The average Bonchev–Trinajstić information content (AvgIpc) is 2.29. The molecule has 0 fully saturated rings. The molecule has 17 heavy (non-hydrogen) atoms. The molecule has 0 amide bonds. The topological polar surface area (TPSA) is 70.6 Å². The molecular weight excluding hydrogens is 238 g/mol. The Morgan fingerprint density at radius 1 is 1.53 bits per heavy atom. The zero-order valence-corrected chi connectivity index (χ0v) is 10.8. The van der Waals surface area contributed by atoms with Gasteiger partial charge in [-0.25, -0.2) is 0 Å². The van der Waals surface area contributed by atoms with Crippen molar-refractivity contribution in [1.82, 2.24) is 5.32 Å². The summed E-state index contributed by atoms with van der Waals surface area (Å²) in [5.41, 5.74) is 7.10. The number of hydrogen-bond donors (Lipinski definition) is 3. The van der Waals surface area contributed by atoms with Crippen molar-refractivity contribution in [3.63, 3.8) is 0 Å². The van der Waals surface area contributed by atoms with Crippen LogP contribution in [0.3, 0.4) is 0 Å². The van der Waals surface area contributed by atoms with E-state index in [0.717, 1.165) is 12.1 Å². The standard InChI is InChI=1S/C12H18ClN3O/c1-8(2)6-15-7-10-4-3-9(5-11(10)13)12(14)16-17/h3-5,8,15,17H,6-7H2,1-2H3,(H2,14,16). The second-order valence-corrected chi connectivity index (χ2v) is 4.72. The van der Waals surface area contributed by atoms with Crippen LogP contribution in [0, 0.1) is 5.92 Å². The number of oxime groups is 1. The van der Waals surface area contributed by atoms with E-state index in [1.54, 1.807) is 12.1 Å². The molecule has 0 aromatic heterocycles. The van der Waals surface area contributed by atoms with E-state index in [4.69, 9.17) is 22.5 Å². The lowest BCUT2D eigenvalue weighted by Crippen LogP contribution is -2.19. The van der Waals surface area contributed by atoms with Gasteiger partial charge in [-0.15, -0.1) is 0 Å². The van der Waals surface area contributed by atoms with Gasteiger partial charge < -0.3 is 16.3 Å². The van der Waals surface area contributed by atoms with E-state index in [-0.39, 0.29) is 5.84 Å². The number of amidine groups is 1. The zero-order chi connectivity index (χ0) is 12.8. The summed E-state index contributed by atoms with van der Waals surface area (Å²) in [6, 6.07) is 5.36. The van der Waals surface area contributed by atoms with Gasteiger partial charge in [0.2, 0.25) is 0 Å². The highest BCUT2D eigenvalue weighted by atomic mass is 35.5. The summed E-state index contributed by atoms with van der Waals surface area (Å²) in [6.45, 7) is 5.96. The minimum Gasteiger partial charge on any atom is -0.409 e. The Balaban J connectivity index is 2.70. The number of benzene rings is 1. The monoisotopic (exact) mass is 255 g/mol. The highest BCUT2D eigenvalue weighted by Crippen LogP contribution is 2.17. The molecule has 0 aliphatic heterocycles. The van der Waals surface area contributed by atoms with Gasteiger partial charge in [-0.3, -0.25) is 0 Å². The van der Waals surface area contributed by atoms with E-state index in [0.29, 0.717) is 23.0 Å². The molecular formula is C12H18ClN3O. The lowest BCUT2D eigenvalue weighted by molar-refractivity contribution is 0.318. The van der Waals surface area contributed by atoms with Crippen LogP contribution >= 0.6 is 11.6 Å². The van der Waals surface area contributed by atoms with E-state index in [9.17, 15) is 0 Å². The molecule has 0 radical (unpaired) electrons. The highest BCUT2D eigenvalue weighted by molar-refractivity contribution is 6.31. The first kappa shape index (κ1) is 13.8. The van der Waals surface area contributed by atoms with Gasteiger partial charge in [0.1, 0.15) is 0 Å². The van der Waals surface area contributed by atoms with Gasteiger partial charge in [-0.1, -0.05) is 42.7 Å². The van der Waals surface area contributed by atoms with Gasteiger partial charge in [0.25, 0.3) is 0 Å². The Bertz CT molecular complexity index is 405. The molecule has 0 saturated carbocycles. The third-order valence-corrected chi connectivity index (χ3v) is 2.68. The molecule has 1 aromatic carbocycles. The van der Waals surface area contributed by atoms with E-state index in [2.05, 4.69) is 24.3 Å². The summed E-state index contributed by atoms with van der Waals surface area (Å²) in [5.74, 6) is 0.666. The number of nitrogens with one attached hydrogen (secondary N) is 1. The van der Waals surface area contributed by atoms with Crippen LogP contribution in [0.4, 0.5) is 0 Å². The lowest BCUT2D eigenvalue weighted by atomic mass is 10.1. The molecule has 0 atom stereocenters. The van der Waals surface area contributed by atoms with E-state index >= 15 is 0 Å². The minimum absolute atomic E-state index is 0.0635. The number of rotatable bonds is 5. The summed E-state index contributed by atoms with van der Waals surface area (Å²) in [7, 11) is 0. The van der Waals surface area contributed by atoms with E-state index < -0.39 is 0 Å². The maximum absolute atomic E-state index is 8.56. The van der Waals surface area contributed by atoms with Crippen molar-refractivity contribution < 1.29 is 5.21 Å². The fourth-order valence-corrected chi connectivity index (χ4v) is 1.65. The van der Waals surface area contributed by atoms with Crippen LogP contribution < -0.4 is 11.1 Å². The number of nitrogens with two attached hydrogens (primary N) is 1. The number of halogens is 1. The summed E-state index contributed by atoms with van der Waals surface area (Å²) in [6.07, 6.45) is 0. The van der Waals surface area contributed by atoms with E-state index in [1.165, 1.54) is 0 Å². The first-order chi connectivity index (χ1) is 8.04. The molecule has 0 saturated heterocycles. The van der Waals surface area contributed by atoms with Gasteiger partial charge in [0, 0.05) is 17.1 Å². The predicted molar refractivity (Wildman–Crippen MR) is 70.5 cm³/mol. The highest BCUT2D eigenvalue weighted by Gasteiger charge is 2.05. The molecule has 4 nitrogen and oxygen atoms in total. The van der Waals surface area contributed by atoms with Crippen molar-refractivity contribution in [2.75, 3.05) is 6.54 Å². The fraction of sp³-hybridized carbons (Fsp3) is 0.417. The summed E-state index contributed by atoms with van der Waals surface area (Å²) >= 11 is 6.11. The maximum Gasteiger partial charge on any atom is 0.170 e. The largest absolute Gasteiger partial charge is 0.409 e. The van der Waals surface area contributed by atoms with Crippen molar-refractivity contribution in [1.29, 1.82) is 0 Å². The van der Waals surface area contributed by atoms with Crippen LogP contribution in [0.2, 0.25) is 5.02 Å². The van der Waals surface area contributed by atoms with Crippen molar-refractivity contribution in [3.8, 4) is 0 Å². The summed E-state index contributed by atoms with van der Waals surface area (Å²) in [5, 5.41) is 15.4. The van der Waals surface area contributed by atoms with Crippen LogP contribution in [0.1, 0.15) is 25.0 Å².